The molecule has 0 aliphatic heterocycles. The van der Waals surface area contributed by atoms with Crippen LogP contribution in [-0.2, 0) is 11.3 Å². The summed E-state index contributed by atoms with van der Waals surface area (Å²) < 4.78 is 15.2. The average molecular weight is 289 g/mol. The first kappa shape index (κ1) is 15.1. The van der Waals surface area contributed by atoms with E-state index in [1.807, 2.05) is 24.3 Å². The fourth-order valence-electron chi connectivity index (χ4n) is 1.97. The molecule has 0 aliphatic carbocycles. The molecule has 1 aromatic carbocycles. The molecule has 1 aromatic heterocycles. The van der Waals surface area contributed by atoms with Crippen LogP contribution in [0.1, 0.15) is 34.8 Å². The fraction of sp³-hybridized carbons (Fsp3) is 0.312. The third-order valence-electron chi connectivity index (χ3n) is 3.22. The van der Waals surface area contributed by atoms with E-state index in [0.29, 0.717) is 12.3 Å². The van der Waals surface area contributed by atoms with Crippen LogP contribution in [0.3, 0.4) is 0 Å². The van der Waals surface area contributed by atoms with Gasteiger partial charge in [-0.05, 0) is 36.8 Å². The Labute approximate surface area is 123 Å². The summed E-state index contributed by atoms with van der Waals surface area (Å²) in [4.78, 5) is 11.3. The normalized spacial score (nSPS) is 12.0. The third kappa shape index (κ3) is 3.86. The van der Waals surface area contributed by atoms with Crippen molar-refractivity contribution in [3.63, 3.8) is 0 Å². The van der Waals surface area contributed by atoms with Gasteiger partial charge in [0.25, 0.3) is 0 Å². The lowest BCUT2D eigenvalue weighted by Gasteiger charge is -2.14. The molecule has 0 saturated carbocycles. The molecule has 0 aliphatic rings. The maximum atomic E-state index is 11.3. The van der Waals surface area contributed by atoms with Gasteiger partial charge >= 0.3 is 5.97 Å². The average Bonchev–Trinajstić information content (AvgIpc) is 3.00. The molecule has 0 saturated heterocycles. The van der Waals surface area contributed by atoms with Gasteiger partial charge < -0.3 is 19.2 Å². The van der Waals surface area contributed by atoms with E-state index in [2.05, 4.69) is 17.0 Å². The number of nitrogens with one attached hydrogen (secondary N) is 1. The third-order valence-corrected chi connectivity index (χ3v) is 3.22. The van der Waals surface area contributed by atoms with Crippen LogP contribution < -0.4 is 10.1 Å². The Balaban J connectivity index is 1.95. The number of benzene rings is 1. The van der Waals surface area contributed by atoms with Crippen molar-refractivity contribution in [1.82, 2.24) is 5.32 Å². The van der Waals surface area contributed by atoms with Crippen LogP contribution in [0.25, 0.3) is 0 Å². The molecule has 112 valence electrons. The Morgan fingerprint density at radius 1 is 1.29 bits per heavy atom. The molecule has 0 amide bonds. The second-order valence-corrected chi connectivity index (χ2v) is 4.64. The van der Waals surface area contributed by atoms with E-state index in [1.54, 1.807) is 19.2 Å². The molecular formula is C16H19NO4. The predicted octanol–water partition coefficient (Wildman–Crippen LogP) is 2.93. The summed E-state index contributed by atoms with van der Waals surface area (Å²) in [6.45, 7) is 2.58. The molecule has 0 spiro atoms. The standard InChI is InChI=1S/C16H19NO4/c1-11(12-5-4-6-13(9-12)19-2)17-10-14-7-8-15(21-14)16(18)20-3/h4-9,11,17H,10H2,1-3H3. The van der Waals surface area contributed by atoms with Crippen molar-refractivity contribution in [1.29, 1.82) is 0 Å². The Morgan fingerprint density at radius 2 is 2.10 bits per heavy atom. The van der Waals surface area contributed by atoms with Gasteiger partial charge in [0.05, 0.1) is 20.8 Å². The zero-order chi connectivity index (χ0) is 15.2. The van der Waals surface area contributed by atoms with Gasteiger partial charge in [-0.1, -0.05) is 12.1 Å². The van der Waals surface area contributed by atoms with Crippen LogP contribution in [-0.4, -0.2) is 20.2 Å². The Hall–Kier alpha value is -2.27. The number of hydrogen-bond acceptors (Lipinski definition) is 5. The van der Waals surface area contributed by atoms with Gasteiger partial charge in [-0.2, -0.15) is 0 Å². The van der Waals surface area contributed by atoms with Crippen molar-refractivity contribution < 1.29 is 18.7 Å². The van der Waals surface area contributed by atoms with Crippen molar-refractivity contribution in [3.05, 3.63) is 53.5 Å². The Bertz CT molecular complexity index is 606. The number of rotatable bonds is 6. The quantitative estimate of drug-likeness (QED) is 0.828. The minimum atomic E-state index is -0.470. The molecule has 2 aromatic rings. The summed E-state index contributed by atoms with van der Waals surface area (Å²) in [6.07, 6.45) is 0. The first-order chi connectivity index (χ1) is 10.1. The van der Waals surface area contributed by atoms with Gasteiger partial charge in [0.15, 0.2) is 0 Å². The number of methoxy groups -OCH3 is 2. The minimum absolute atomic E-state index is 0.131. The lowest BCUT2D eigenvalue weighted by molar-refractivity contribution is 0.0563. The van der Waals surface area contributed by atoms with Gasteiger partial charge in [0, 0.05) is 6.04 Å². The molecule has 0 bridgehead atoms. The molecule has 2 rings (SSSR count). The monoisotopic (exact) mass is 289 g/mol. The van der Waals surface area contributed by atoms with Gasteiger partial charge in [-0.3, -0.25) is 0 Å². The van der Waals surface area contributed by atoms with E-state index in [9.17, 15) is 4.79 Å². The Kier molecular flexibility index (Phi) is 5.00. The van der Waals surface area contributed by atoms with Crippen LogP contribution in [0.2, 0.25) is 0 Å². The van der Waals surface area contributed by atoms with Crippen LogP contribution in [0.5, 0.6) is 5.75 Å². The number of carbonyl (C=O) groups excluding carboxylic acids is 1. The highest BCUT2D eigenvalue weighted by Crippen LogP contribution is 2.19. The zero-order valence-corrected chi connectivity index (χ0v) is 12.4. The molecule has 21 heavy (non-hydrogen) atoms. The maximum absolute atomic E-state index is 11.3. The van der Waals surface area contributed by atoms with Gasteiger partial charge in [0.2, 0.25) is 5.76 Å². The second-order valence-electron chi connectivity index (χ2n) is 4.64. The van der Waals surface area contributed by atoms with Crippen molar-refractivity contribution >= 4 is 5.97 Å². The smallest absolute Gasteiger partial charge is 0.373 e. The van der Waals surface area contributed by atoms with Crippen molar-refractivity contribution in [2.75, 3.05) is 14.2 Å². The lowest BCUT2D eigenvalue weighted by Crippen LogP contribution is -2.17. The zero-order valence-electron chi connectivity index (χ0n) is 12.4. The SMILES string of the molecule is COC(=O)c1ccc(CNC(C)c2cccc(OC)c2)o1. The molecule has 0 fully saturated rings. The number of furan rings is 1. The lowest BCUT2D eigenvalue weighted by atomic mass is 10.1. The van der Waals surface area contributed by atoms with E-state index in [1.165, 1.54) is 7.11 Å². The molecule has 5 nitrogen and oxygen atoms in total. The number of hydrogen-bond donors (Lipinski definition) is 1. The van der Waals surface area contributed by atoms with Crippen molar-refractivity contribution in [2.24, 2.45) is 0 Å². The summed E-state index contributed by atoms with van der Waals surface area (Å²) in [5.74, 6) is 1.25. The first-order valence-corrected chi connectivity index (χ1v) is 6.68. The molecule has 5 heteroatoms. The molecule has 0 radical (unpaired) electrons. The first-order valence-electron chi connectivity index (χ1n) is 6.68. The molecule has 1 atom stereocenters. The topological polar surface area (TPSA) is 60.7 Å². The largest absolute Gasteiger partial charge is 0.497 e. The number of ether oxygens (including phenoxy) is 2. The van der Waals surface area contributed by atoms with Gasteiger partial charge in [-0.15, -0.1) is 0 Å². The van der Waals surface area contributed by atoms with Crippen molar-refractivity contribution in [2.45, 2.75) is 19.5 Å². The predicted molar refractivity (Wildman–Crippen MR) is 78.3 cm³/mol. The van der Waals surface area contributed by atoms with E-state index in [0.717, 1.165) is 11.3 Å². The van der Waals surface area contributed by atoms with Crippen LogP contribution in [0.4, 0.5) is 0 Å². The van der Waals surface area contributed by atoms with E-state index < -0.39 is 5.97 Å². The van der Waals surface area contributed by atoms with E-state index >= 15 is 0 Å². The van der Waals surface area contributed by atoms with Crippen LogP contribution in [0, 0.1) is 0 Å². The van der Waals surface area contributed by atoms with E-state index in [-0.39, 0.29) is 11.8 Å². The number of carbonyl (C=O) groups is 1. The highest BCUT2D eigenvalue weighted by molar-refractivity contribution is 5.86. The van der Waals surface area contributed by atoms with E-state index in [4.69, 9.17) is 9.15 Å². The molecule has 1 heterocycles. The minimum Gasteiger partial charge on any atom is -0.497 e. The number of esters is 1. The van der Waals surface area contributed by atoms with Crippen molar-refractivity contribution in [3.8, 4) is 5.75 Å². The summed E-state index contributed by atoms with van der Waals surface area (Å²) >= 11 is 0. The fourth-order valence-corrected chi connectivity index (χ4v) is 1.97. The molecule has 1 unspecified atom stereocenters. The summed E-state index contributed by atoms with van der Waals surface area (Å²) in [6, 6.07) is 11.4. The maximum Gasteiger partial charge on any atom is 0.373 e. The summed E-state index contributed by atoms with van der Waals surface area (Å²) in [5, 5.41) is 3.34. The molecular weight excluding hydrogens is 270 g/mol. The summed E-state index contributed by atoms with van der Waals surface area (Å²) in [7, 11) is 2.97. The second kappa shape index (κ2) is 6.95. The highest BCUT2D eigenvalue weighted by atomic mass is 16.5. The highest BCUT2D eigenvalue weighted by Gasteiger charge is 2.12. The Morgan fingerprint density at radius 3 is 2.81 bits per heavy atom. The van der Waals surface area contributed by atoms with Gasteiger partial charge in [-0.25, -0.2) is 4.79 Å². The molecule has 1 N–H and O–H groups in total. The summed E-state index contributed by atoms with van der Waals surface area (Å²) in [5.41, 5.74) is 1.12. The van der Waals surface area contributed by atoms with Crippen LogP contribution >= 0.6 is 0 Å². The van der Waals surface area contributed by atoms with Gasteiger partial charge in [0.1, 0.15) is 11.5 Å². The van der Waals surface area contributed by atoms with Crippen LogP contribution in [0.15, 0.2) is 40.8 Å².